The maximum absolute atomic E-state index is 11.7. The molecule has 0 radical (unpaired) electrons. The Kier molecular flexibility index (Phi) is 5.06. The van der Waals surface area contributed by atoms with Gasteiger partial charge in [-0.1, -0.05) is 19.3 Å². The van der Waals surface area contributed by atoms with E-state index in [0.29, 0.717) is 12.6 Å². The molecule has 1 aliphatic carbocycles. The van der Waals surface area contributed by atoms with Gasteiger partial charge in [0, 0.05) is 13.2 Å². The average molecular weight is 228 g/mol. The number of amides is 2. The van der Waals surface area contributed by atoms with E-state index in [1.165, 1.54) is 19.3 Å². The lowest BCUT2D eigenvalue weighted by atomic mass is 9.96. The summed E-state index contributed by atoms with van der Waals surface area (Å²) in [6, 6.07) is 0.279. The van der Waals surface area contributed by atoms with Crippen molar-refractivity contribution in [1.29, 1.82) is 0 Å². The van der Waals surface area contributed by atoms with Crippen LogP contribution in [-0.2, 0) is 4.74 Å². The van der Waals surface area contributed by atoms with Gasteiger partial charge in [0.25, 0.3) is 0 Å². The highest BCUT2D eigenvalue weighted by atomic mass is 16.5. The van der Waals surface area contributed by atoms with Crippen LogP contribution in [0.4, 0.5) is 4.79 Å². The first kappa shape index (κ1) is 13.3. The molecule has 2 amide bonds. The molecular formula is C12H24N2O2. The van der Waals surface area contributed by atoms with Gasteiger partial charge in [0.2, 0.25) is 0 Å². The van der Waals surface area contributed by atoms with E-state index in [0.717, 1.165) is 12.8 Å². The van der Waals surface area contributed by atoms with E-state index in [4.69, 9.17) is 4.74 Å². The van der Waals surface area contributed by atoms with Crippen molar-refractivity contribution in [3.05, 3.63) is 0 Å². The maximum atomic E-state index is 11.7. The lowest BCUT2D eigenvalue weighted by Crippen LogP contribution is -2.53. The van der Waals surface area contributed by atoms with Crippen LogP contribution in [0.25, 0.3) is 0 Å². The van der Waals surface area contributed by atoms with Crippen LogP contribution in [0.2, 0.25) is 0 Å². The Balaban J connectivity index is 2.28. The number of methoxy groups -OCH3 is 1. The second kappa shape index (κ2) is 6.09. The average Bonchev–Trinajstić information content (AvgIpc) is 2.17. The fourth-order valence-corrected chi connectivity index (χ4v) is 2.17. The standard InChI is InChI=1S/C12H24N2O2/c1-12(2,9-16-3)14-11(15)13-10-7-5-4-6-8-10/h10H,4-9H2,1-3H3,(H2,13,14,15). The molecule has 0 aromatic carbocycles. The number of carbonyl (C=O) groups excluding carboxylic acids is 1. The number of carbonyl (C=O) groups is 1. The number of hydrogen-bond acceptors (Lipinski definition) is 2. The minimum atomic E-state index is -0.312. The largest absolute Gasteiger partial charge is 0.382 e. The van der Waals surface area contributed by atoms with Gasteiger partial charge >= 0.3 is 6.03 Å². The highest BCUT2D eigenvalue weighted by molar-refractivity contribution is 5.75. The smallest absolute Gasteiger partial charge is 0.315 e. The molecule has 0 atom stereocenters. The normalized spacial score (nSPS) is 18.2. The van der Waals surface area contributed by atoms with Crippen LogP contribution >= 0.6 is 0 Å². The summed E-state index contributed by atoms with van der Waals surface area (Å²) in [7, 11) is 1.64. The Morgan fingerprint density at radius 1 is 1.31 bits per heavy atom. The lowest BCUT2D eigenvalue weighted by Gasteiger charge is -2.28. The quantitative estimate of drug-likeness (QED) is 0.773. The fourth-order valence-electron chi connectivity index (χ4n) is 2.17. The van der Waals surface area contributed by atoms with Gasteiger partial charge in [-0.3, -0.25) is 0 Å². The van der Waals surface area contributed by atoms with E-state index >= 15 is 0 Å². The van der Waals surface area contributed by atoms with Crippen molar-refractivity contribution in [2.24, 2.45) is 0 Å². The number of nitrogens with one attached hydrogen (secondary N) is 2. The van der Waals surface area contributed by atoms with Crippen LogP contribution in [0.15, 0.2) is 0 Å². The number of urea groups is 1. The van der Waals surface area contributed by atoms with Gasteiger partial charge in [-0.25, -0.2) is 4.79 Å². The fraction of sp³-hybridized carbons (Fsp3) is 0.917. The van der Waals surface area contributed by atoms with Crippen molar-refractivity contribution < 1.29 is 9.53 Å². The minimum Gasteiger partial charge on any atom is -0.382 e. The molecule has 4 heteroatoms. The minimum absolute atomic E-state index is 0.0750. The lowest BCUT2D eigenvalue weighted by molar-refractivity contribution is 0.130. The molecule has 2 N–H and O–H groups in total. The first-order valence-electron chi connectivity index (χ1n) is 6.11. The summed E-state index contributed by atoms with van der Waals surface area (Å²) in [5, 5.41) is 5.96. The summed E-state index contributed by atoms with van der Waals surface area (Å²) in [6.45, 7) is 4.43. The molecule has 1 rings (SSSR count). The summed E-state index contributed by atoms with van der Waals surface area (Å²) in [6.07, 6.45) is 5.98. The van der Waals surface area contributed by atoms with Crippen molar-refractivity contribution in [1.82, 2.24) is 10.6 Å². The molecule has 0 saturated heterocycles. The zero-order chi connectivity index (χ0) is 12.0. The van der Waals surface area contributed by atoms with Gasteiger partial charge in [-0.05, 0) is 26.7 Å². The van der Waals surface area contributed by atoms with E-state index in [2.05, 4.69) is 10.6 Å². The van der Waals surface area contributed by atoms with Crippen molar-refractivity contribution in [3.63, 3.8) is 0 Å². The summed E-state index contributed by atoms with van der Waals surface area (Å²) < 4.78 is 5.05. The first-order chi connectivity index (χ1) is 7.53. The van der Waals surface area contributed by atoms with Gasteiger partial charge in [0.05, 0.1) is 12.1 Å². The van der Waals surface area contributed by atoms with Gasteiger partial charge in [0.15, 0.2) is 0 Å². The van der Waals surface area contributed by atoms with Crippen LogP contribution in [0, 0.1) is 0 Å². The van der Waals surface area contributed by atoms with Gasteiger partial charge in [-0.15, -0.1) is 0 Å². The molecule has 0 unspecified atom stereocenters. The number of hydrogen-bond donors (Lipinski definition) is 2. The Morgan fingerprint density at radius 2 is 1.94 bits per heavy atom. The molecule has 16 heavy (non-hydrogen) atoms. The van der Waals surface area contributed by atoms with Crippen molar-refractivity contribution in [3.8, 4) is 0 Å². The van der Waals surface area contributed by atoms with Crippen molar-refractivity contribution in [2.75, 3.05) is 13.7 Å². The predicted octanol–water partition coefficient (Wildman–Crippen LogP) is 2.04. The molecule has 0 aromatic heterocycles. The van der Waals surface area contributed by atoms with Crippen LogP contribution in [0.3, 0.4) is 0 Å². The van der Waals surface area contributed by atoms with Gasteiger partial charge < -0.3 is 15.4 Å². The third kappa shape index (κ3) is 4.84. The molecule has 0 heterocycles. The summed E-state index contributed by atoms with van der Waals surface area (Å²) >= 11 is 0. The third-order valence-electron chi connectivity index (χ3n) is 2.90. The van der Waals surface area contributed by atoms with Gasteiger partial charge in [0.1, 0.15) is 0 Å². The summed E-state index contributed by atoms with van der Waals surface area (Å²) in [5.41, 5.74) is -0.312. The monoisotopic (exact) mass is 228 g/mol. The van der Waals surface area contributed by atoms with E-state index in [9.17, 15) is 4.79 Å². The summed E-state index contributed by atoms with van der Waals surface area (Å²) in [5.74, 6) is 0. The molecule has 94 valence electrons. The van der Waals surface area contributed by atoms with Crippen LogP contribution in [-0.4, -0.2) is 31.3 Å². The maximum Gasteiger partial charge on any atom is 0.315 e. The van der Waals surface area contributed by atoms with E-state index in [1.807, 2.05) is 13.8 Å². The molecule has 1 saturated carbocycles. The molecule has 0 aliphatic heterocycles. The van der Waals surface area contributed by atoms with Crippen molar-refractivity contribution >= 4 is 6.03 Å². The first-order valence-corrected chi connectivity index (χ1v) is 6.11. The molecule has 0 bridgehead atoms. The Hall–Kier alpha value is -0.770. The van der Waals surface area contributed by atoms with Gasteiger partial charge in [-0.2, -0.15) is 0 Å². The SMILES string of the molecule is COCC(C)(C)NC(=O)NC1CCCCC1. The highest BCUT2D eigenvalue weighted by Gasteiger charge is 2.22. The molecule has 4 nitrogen and oxygen atoms in total. The predicted molar refractivity (Wildman–Crippen MR) is 64.5 cm³/mol. The molecule has 0 aromatic rings. The van der Waals surface area contributed by atoms with Crippen LogP contribution in [0.1, 0.15) is 46.0 Å². The van der Waals surface area contributed by atoms with Crippen LogP contribution in [0.5, 0.6) is 0 Å². The van der Waals surface area contributed by atoms with E-state index in [-0.39, 0.29) is 11.6 Å². The topological polar surface area (TPSA) is 50.4 Å². The molecule has 0 spiro atoms. The van der Waals surface area contributed by atoms with Crippen molar-refractivity contribution in [2.45, 2.75) is 57.5 Å². The molecule has 1 aliphatic rings. The second-order valence-corrected chi connectivity index (χ2v) is 5.25. The Bertz CT molecular complexity index is 223. The highest BCUT2D eigenvalue weighted by Crippen LogP contribution is 2.17. The molecular weight excluding hydrogens is 204 g/mol. The Morgan fingerprint density at radius 3 is 2.50 bits per heavy atom. The number of ether oxygens (including phenoxy) is 1. The number of rotatable bonds is 4. The zero-order valence-corrected chi connectivity index (χ0v) is 10.6. The van der Waals surface area contributed by atoms with Crippen LogP contribution < -0.4 is 10.6 Å². The zero-order valence-electron chi connectivity index (χ0n) is 10.6. The third-order valence-corrected chi connectivity index (χ3v) is 2.90. The Labute approximate surface area is 98.1 Å². The molecule has 1 fully saturated rings. The summed E-state index contributed by atoms with van der Waals surface area (Å²) in [4.78, 5) is 11.7. The van der Waals surface area contributed by atoms with E-state index in [1.54, 1.807) is 7.11 Å². The van der Waals surface area contributed by atoms with E-state index < -0.39 is 0 Å². The second-order valence-electron chi connectivity index (χ2n) is 5.25.